The van der Waals surface area contributed by atoms with Crippen LogP contribution in [0.3, 0.4) is 0 Å². The SMILES string of the molecule is CC1(C)c2ccccc2-c2ccc(N(c3ccc(-c4ccc5c(c4)c4ccccc4n5-c4ccccc4)cc3)c3ccccc3-c3cc(-c4ccccc4)cc(-c4ccccc4)c3)cc21.c1ccc(-c2ccccc2-c2ccccc2N(c2cccc(-c3ccc4c5ccccc5n(-c5ccccc5)c4c3)c2)c2ccc3c(c2)C(c2ccccc2)(c2ccccc2)c2ccccc2-3)cc1. The second-order valence-electron chi connectivity index (χ2n) is 35.7. The van der Waals surface area contributed by atoms with E-state index >= 15 is 0 Å². The molecule has 25 rings (SSSR count). The molecule has 0 radical (unpaired) electrons. The molecule has 0 aliphatic heterocycles. The fraction of sp³-hybridized carbons (Fsp3) is 0.0308. The van der Waals surface area contributed by atoms with E-state index in [0.717, 1.165) is 67.8 Å². The molecule has 0 atom stereocenters. The van der Waals surface area contributed by atoms with Gasteiger partial charge in [-0.3, -0.25) is 0 Å². The number of benzene rings is 21. The Balaban J connectivity index is 0.000000147. The van der Waals surface area contributed by atoms with E-state index in [0.29, 0.717) is 0 Å². The lowest BCUT2D eigenvalue weighted by Gasteiger charge is -2.35. The highest BCUT2D eigenvalue weighted by Gasteiger charge is 2.47. The van der Waals surface area contributed by atoms with Crippen molar-refractivity contribution >= 4 is 77.7 Å². The van der Waals surface area contributed by atoms with Gasteiger partial charge in [-0.2, -0.15) is 0 Å². The Morgan fingerprint density at radius 1 is 0.172 bits per heavy atom. The van der Waals surface area contributed by atoms with Crippen LogP contribution in [-0.2, 0) is 10.8 Å². The maximum Gasteiger partial charge on any atom is 0.0714 e. The highest BCUT2D eigenvalue weighted by molar-refractivity contribution is 6.12. The van der Waals surface area contributed by atoms with Gasteiger partial charge in [0.05, 0.1) is 38.9 Å². The van der Waals surface area contributed by atoms with Crippen molar-refractivity contribution in [3.63, 3.8) is 0 Å². The first kappa shape index (κ1) is 80.2. The summed E-state index contributed by atoms with van der Waals surface area (Å²) in [6, 6.07) is 191. The molecule has 0 saturated carbocycles. The summed E-state index contributed by atoms with van der Waals surface area (Å²) < 4.78 is 4.78. The molecular weight excluding hydrogens is 1620 g/mol. The van der Waals surface area contributed by atoms with Gasteiger partial charge >= 0.3 is 0 Å². The topological polar surface area (TPSA) is 16.3 Å². The molecule has 0 amide bonds. The third kappa shape index (κ3) is 13.8. The largest absolute Gasteiger partial charge is 0.310 e. The Hall–Kier alpha value is -17.2. The van der Waals surface area contributed by atoms with Gasteiger partial charge in [0.15, 0.2) is 0 Å². The van der Waals surface area contributed by atoms with Crippen molar-refractivity contribution in [1.29, 1.82) is 0 Å². The lowest BCUT2D eigenvalue weighted by atomic mass is 9.67. The van der Waals surface area contributed by atoms with Gasteiger partial charge in [-0.05, 0) is 256 Å². The molecule has 0 saturated heterocycles. The predicted octanol–water partition coefficient (Wildman–Crippen LogP) is 34.8. The van der Waals surface area contributed by atoms with Crippen LogP contribution in [0.25, 0.3) is 155 Å². The Morgan fingerprint density at radius 2 is 0.537 bits per heavy atom. The van der Waals surface area contributed by atoms with E-state index in [2.05, 4.69) is 554 Å². The lowest BCUT2D eigenvalue weighted by molar-refractivity contribution is 0.660. The quantitative estimate of drug-likeness (QED) is 0.0903. The first-order valence-electron chi connectivity index (χ1n) is 46.4. The number of para-hydroxylation sites is 6. The zero-order valence-corrected chi connectivity index (χ0v) is 74.4. The Kier molecular flexibility index (Phi) is 20.2. The minimum absolute atomic E-state index is 0.145. The molecule has 0 fully saturated rings. The molecule has 0 spiro atoms. The Bertz CT molecular complexity index is 8270. The molecule has 2 aromatic heterocycles. The third-order valence-electron chi connectivity index (χ3n) is 27.8. The third-order valence-corrected chi connectivity index (χ3v) is 27.8. The van der Waals surface area contributed by atoms with E-state index in [1.165, 1.54) is 155 Å². The van der Waals surface area contributed by atoms with Crippen LogP contribution in [-0.4, -0.2) is 9.13 Å². The summed E-state index contributed by atoms with van der Waals surface area (Å²) in [5, 5.41) is 4.98. The first-order valence-corrected chi connectivity index (χ1v) is 46.4. The molecule has 134 heavy (non-hydrogen) atoms. The summed E-state index contributed by atoms with van der Waals surface area (Å²) in [5.74, 6) is 0. The molecule has 21 aromatic carbocycles. The maximum absolute atomic E-state index is 2.49. The van der Waals surface area contributed by atoms with Crippen LogP contribution in [0.1, 0.15) is 47.2 Å². The molecule has 0 bridgehead atoms. The summed E-state index contributed by atoms with van der Waals surface area (Å²) >= 11 is 0. The number of anilines is 6. The van der Waals surface area contributed by atoms with Crippen molar-refractivity contribution in [1.82, 2.24) is 9.13 Å². The van der Waals surface area contributed by atoms with E-state index in [9.17, 15) is 0 Å². The number of nitrogens with zero attached hydrogens (tertiary/aromatic N) is 4. The Morgan fingerprint density at radius 3 is 1.14 bits per heavy atom. The average Bonchev–Trinajstić information content (AvgIpc) is 1.54. The number of hydrogen-bond acceptors (Lipinski definition) is 2. The minimum Gasteiger partial charge on any atom is -0.310 e. The van der Waals surface area contributed by atoms with Crippen molar-refractivity contribution < 1.29 is 0 Å². The molecule has 2 aliphatic rings. The molecule has 632 valence electrons. The fourth-order valence-electron chi connectivity index (χ4n) is 21.7. The van der Waals surface area contributed by atoms with E-state index < -0.39 is 5.41 Å². The van der Waals surface area contributed by atoms with E-state index in [1.54, 1.807) is 0 Å². The maximum atomic E-state index is 2.49. The number of rotatable bonds is 17. The second kappa shape index (κ2) is 33.7. The van der Waals surface area contributed by atoms with Gasteiger partial charge in [0, 0.05) is 72.2 Å². The van der Waals surface area contributed by atoms with Gasteiger partial charge in [-0.1, -0.05) is 402 Å². The highest BCUT2D eigenvalue weighted by atomic mass is 15.2. The predicted molar refractivity (Wildman–Crippen MR) is 564 cm³/mol. The summed E-state index contributed by atoms with van der Waals surface area (Å²) in [7, 11) is 0. The van der Waals surface area contributed by atoms with Crippen LogP contribution < -0.4 is 9.80 Å². The van der Waals surface area contributed by atoms with Crippen molar-refractivity contribution in [3.05, 3.63) is 555 Å². The van der Waals surface area contributed by atoms with E-state index in [1.807, 2.05) is 0 Å². The lowest BCUT2D eigenvalue weighted by Crippen LogP contribution is -2.28. The average molecular weight is 1710 g/mol. The molecule has 4 heteroatoms. The van der Waals surface area contributed by atoms with Gasteiger partial charge in [-0.25, -0.2) is 0 Å². The standard InChI is InChI=1S/C67H46N2.C63H46N2/c1-5-22-47(23-6-1)55-32-13-14-33-56(55)59-35-16-19-38-64(59)68(53-31-21-24-48(44-53)49-40-42-61-60-36-17-20-39-65(60)69(66(61)45-49)52-29-11-4-12-30-52)54-41-43-58-57-34-15-18-37-62(57)67(63(58)46-54,50-25-7-2-8-26-50)51-27-9-3-10-28-51;1-63(2)58-27-15-12-25-54(58)55-36-35-52(42-59(55)63)64(60-28-16-13-24-53(60)49-39-47(43-18-6-3-7-19-43)38-48(40-49)44-20-8-4-9-21-44)51-33-30-45(31-34-51)46-32-37-62-57(41-46)56-26-14-17-29-61(56)65(62)50-22-10-5-11-23-50/h1-46H;3-42H,1-2H3. The summed E-state index contributed by atoms with van der Waals surface area (Å²) in [6.07, 6.45) is 0. The normalized spacial score (nSPS) is 12.5. The summed E-state index contributed by atoms with van der Waals surface area (Å²) in [6.45, 7) is 4.73. The van der Waals surface area contributed by atoms with Crippen LogP contribution in [0.4, 0.5) is 34.1 Å². The molecular formula is C130H92N4. The van der Waals surface area contributed by atoms with Crippen LogP contribution in [0, 0.1) is 0 Å². The van der Waals surface area contributed by atoms with Gasteiger partial charge in [-0.15, -0.1) is 0 Å². The second-order valence-corrected chi connectivity index (χ2v) is 35.7. The van der Waals surface area contributed by atoms with Gasteiger partial charge in [0.1, 0.15) is 0 Å². The van der Waals surface area contributed by atoms with Crippen LogP contribution in [0.5, 0.6) is 0 Å². The number of aromatic nitrogens is 2. The highest BCUT2D eigenvalue weighted by Crippen LogP contribution is 2.59. The van der Waals surface area contributed by atoms with Crippen molar-refractivity contribution in [3.8, 4) is 112 Å². The van der Waals surface area contributed by atoms with Crippen LogP contribution in [0.2, 0.25) is 0 Å². The van der Waals surface area contributed by atoms with Crippen molar-refractivity contribution in [2.24, 2.45) is 0 Å². The number of fused-ring (bicyclic) bond motifs is 12. The molecule has 0 unspecified atom stereocenters. The summed E-state index contributed by atoms with van der Waals surface area (Å²) in [5.41, 5.74) is 42.4. The molecule has 23 aromatic rings. The van der Waals surface area contributed by atoms with Crippen LogP contribution in [0.15, 0.2) is 522 Å². The first-order chi connectivity index (χ1) is 66.2. The number of hydrogen-bond donors (Lipinski definition) is 0. The van der Waals surface area contributed by atoms with E-state index in [-0.39, 0.29) is 5.41 Å². The van der Waals surface area contributed by atoms with Gasteiger partial charge in [0.2, 0.25) is 0 Å². The van der Waals surface area contributed by atoms with Gasteiger partial charge < -0.3 is 18.9 Å². The molecule has 0 N–H and O–H groups in total. The van der Waals surface area contributed by atoms with Crippen molar-refractivity contribution in [2.45, 2.75) is 24.7 Å². The van der Waals surface area contributed by atoms with Crippen LogP contribution >= 0.6 is 0 Å². The van der Waals surface area contributed by atoms with Gasteiger partial charge in [0.25, 0.3) is 0 Å². The Labute approximate surface area is 782 Å². The monoisotopic (exact) mass is 1710 g/mol. The van der Waals surface area contributed by atoms with Crippen molar-refractivity contribution in [2.75, 3.05) is 9.80 Å². The minimum atomic E-state index is -0.552. The molecule has 4 nitrogen and oxygen atoms in total. The molecule has 2 heterocycles. The summed E-state index contributed by atoms with van der Waals surface area (Å²) in [4.78, 5) is 4.95. The molecule has 2 aliphatic carbocycles. The zero-order valence-electron chi connectivity index (χ0n) is 74.4. The fourth-order valence-corrected chi connectivity index (χ4v) is 21.7. The zero-order chi connectivity index (χ0) is 89.2. The van der Waals surface area contributed by atoms with E-state index in [4.69, 9.17) is 0 Å². The smallest absolute Gasteiger partial charge is 0.0714 e.